The zero-order chi connectivity index (χ0) is 26.0. The van der Waals surface area contributed by atoms with Crippen molar-refractivity contribution in [3.05, 3.63) is 0 Å². The molecule has 0 unspecified atom stereocenters. The summed E-state index contributed by atoms with van der Waals surface area (Å²) in [6, 6.07) is 0. The van der Waals surface area contributed by atoms with Crippen molar-refractivity contribution in [3.8, 4) is 0 Å². The smallest absolute Gasteiger partial charge is 0.550 e. The first-order valence-corrected chi connectivity index (χ1v) is 13.3. The second-order valence-electron chi connectivity index (χ2n) is 12.7. The number of fused-ring (bicyclic) bond motifs is 5. The molecule has 0 aromatic rings. The van der Waals surface area contributed by atoms with Crippen molar-refractivity contribution < 1.29 is 67.3 Å². The Labute approximate surface area is 234 Å². The average Bonchev–Trinajstić information content (AvgIpc) is 3.09. The summed E-state index contributed by atoms with van der Waals surface area (Å²) < 4.78 is 46.2. The number of rotatable bonds is 5. The van der Waals surface area contributed by atoms with Crippen LogP contribution in [-0.2, 0) is 14.3 Å². The van der Waals surface area contributed by atoms with E-state index >= 15 is 0 Å². The van der Waals surface area contributed by atoms with E-state index in [0.717, 1.165) is 38.5 Å². The Hall–Kier alpha value is -0.310. The van der Waals surface area contributed by atoms with Gasteiger partial charge in [-0.1, -0.05) is 20.8 Å². The van der Waals surface area contributed by atoms with Crippen LogP contribution in [0.4, 0.5) is 13.2 Å². The second kappa shape index (κ2) is 10.3. The van der Waals surface area contributed by atoms with E-state index in [1.54, 1.807) is 0 Å². The van der Waals surface area contributed by atoms with E-state index in [4.69, 9.17) is 4.74 Å². The first-order valence-electron chi connectivity index (χ1n) is 13.3. The molecule has 4 aliphatic carbocycles. The summed E-state index contributed by atoms with van der Waals surface area (Å²) in [6.07, 6.45) is 0.0426. The van der Waals surface area contributed by atoms with Gasteiger partial charge in [-0.2, -0.15) is 13.2 Å². The fourth-order valence-corrected chi connectivity index (χ4v) is 9.21. The van der Waals surface area contributed by atoms with E-state index in [1.807, 2.05) is 6.92 Å². The maximum Gasteiger partial charge on any atom is 1.00 e. The molecule has 0 radical (unpaired) electrons. The van der Waals surface area contributed by atoms with Gasteiger partial charge in [-0.05, 0) is 111 Å². The van der Waals surface area contributed by atoms with Gasteiger partial charge in [0.05, 0.1) is 12.4 Å². The number of ether oxygens (including phenoxy) is 1. The molecule has 36 heavy (non-hydrogen) atoms. The Balaban J connectivity index is 0.00000361. The molecule has 0 aliphatic heterocycles. The Bertz CT molecular complexity index is 852. The minimum atomic E-state index is -4.58. The third-order valence-electron chi connectivity index (χ3n) is 11.3. The number of carbonyl (C=O) groups is 2. The number of esters is 1. The van der Waals surface area contributed by atoms with Gasteiger partial charge in [-0.15, -0.1) is 0 Å². The summed E-state index contributed by atoms with van der Waals surface area (Å²) in [5, 5.41) is 21.1. The summed E-state index contributed by atoms with van der Waals surface area (Å²) in [4.78, 5) is 22.6. The molecule has 0 spiro atoms. The van der Waals surface area contributed by atoms with Gasteiger partial charge >= 0.3 is 41.7 Å². The van der Waals surface area contributed by atoms with E-state index in [-0.39, 0.29) is 65.1 Å². The number of carboxylic acid groups (broad SMARTS) is 1. The van der Waals surface area contributed by atoms with Gasteiger partial charge in [0.1, 0.15) is 6.10 Å². The number of halogens is 3. The number of aliphatic hydroxyl groups is 1. The molecule has 10 atom stereocenters. The molecule has 0 aromatic carbocycles. The van der Waals surface area contributed by atoms with Gasteiger partial charge in [0, 0.05) is 0 Å². The van der Waals surface area contributed by atoms with Crippen LogP contribution in [-0.4, -0.2) is 34.9 Å². The Morgan fingerprint density at radius 3 is 2.25 bits per heavy atom. The van der Waals surface area contributed by atoms with Gasteiger partial charge in [-0.3, -0.25) is 4.79 Å². The standard InChI is InChI=1S/C27H41F3O5.Na/c1-15(16(2)35-23(33)13-22(31)32)19-7-8-20-18-6-5-17-14-26(34,27(28,29)30)12-11-24(17,3)21(18)9-10-25(19,20)4;/h15-21,34H,5-14H2,1-4H3,(H,31,32);/q;+1/p-1/t15-,16-,17-,18+,19-,20+,21+,24+,25-,26-;/m1./s1. The molecule has 4 rings (SSSR count). The number of carboxylic acids is 1. The number of hydrogen-bond donors (Lipinski definition) is 1. The van der Waals surface area contributed by atoms with Crippen LogP contribution >= 0.6 is 0 Å². The van der Waals surface area contributed by atoms with E-state index in [2.05, 4.69) is 20.8 Å². The van der Waals surface area contributed by atoms with Crippen LogP contribution in [0, 0.1) is 46.3 Å². The van der Waals surface area contributed by atoms with Crippen molar-refractivity contribution in [2.75, 3.05) is 0 Å². The zero-order valence-corrected chi connectivity index (χ0v) is 24.3. The number of carbonyl (C=O) groups excluding carboxylic acids is 2. The van der Waals surface area contributed by atoms with Gasteiger partial charge in [0.25, 0.3) is 0 Å². The van der Waals surface area contributed by atoms with Crippen LogP contribution in [0.25, 0.3) is 0 Å². The minimum absolute atomic E-state index is 0. The molecule has 0 aromatic heterocycles. The number of alkyl halides is 3. The van der Waals surface area contributed by atoms with Crippen molar-refractivity contribution in [2.24, 2.45) is 46.3 Å². The van der Waals surface area contributed by atoms with Crippen molar-refractivity contribution in [1.82, 2.24) is 0 Å². The van der Waals surface area contributed by atoms with Crippen LogP contribution in [0.3, 0.4) is 0 Å². The van der Waals surface area contributed by atoms with Crippen LogP contribution < -0.4 is 34.7 Å². The molecule has 1 N–H and O–H groups in total. The second-order valence-corrected chi connectivity index (χ2v) is 12.7. The van der Waals surface area contributed by atoms with Crippen molar-refractivity contribution >= 4 is 11.9 Å². The Morgan fingerprint density at radius 2 is 1.64 bits per heavy atom. The molecule has 200 valence electrons. The summed E-state index contributed by atoms with van der Waals surface area (Å²) in [5.41, 5.74) is -2.65. The van der Waals surface area contributed by atoms with Crippen LogP contribution in [0.2, 0.25) is 0 Å². The molecule has 0 heterocycles. The minimum Gasteiger partial charge on any atom is -0.550 e. The topological polar surface area (TPSA) is 86.7 Å². The molecule has 0 amide bonds. The average molecular weight is 525 g/mol. The number of hydrogen-bond acceptors (Lipinski definition) is 5. The van der Waals surface area contributed by atoms with Gasteiger partial charge in [-0.25, -0.2) is 0 Å². The van der Waals surface area contributed by atoms with Crippen molar-refractivity contribution in [1.29, 1.82) is 0 Å². The maximum absolute atomic E-state index is 13.6. The monoisotopic (exact) mass is 524 g/mol. The summed E-state index contributed by atoms with van der Waals surface area (Å²) in [5.74, 6) is -0.558. The van der Waals surface area contributed by atoms with Crippen LogP contribution in [0.15, 0.2) is 0 Å². The van der Waals surface area contributed by atoms with Gasteiger partial charge in [0.2, 0.25) is 0 Å². The first kappa shape index (κ1) is 30.2. The third-order valence-corrected chi connectivity index (χ3v) is 11.3. The molecule has 4 aliphatic rings. The molecule has 0 saturated heterocycles. The SMILES string of the molecule is C[C@@H]([C@H]1CC[C@H]2[C@@H]3CC[C@@H]4C[C@@](O)(C(F)(F)F)CC[C@]4(C)[C@H]3CC[C@]12C)[C@@H](C)OC(=O)CC(=O)[O-].[Na+]. The molecular weight excluding hydrogens is 484 g/mol. The molecule has 5 nitrogen and oxygen atoms in total. The van der Waals surface area contributed by atoms with E-state index < -0.39 is 36.2 Å². The fourth-order valence-electron chi connectivity index (χ4n) is 9.21. The molecule has 4 saturated carbocycles. The van der Waals surface area contributed by atoms with Crippen LogP contribution in [0.5, 0.6) is 0 Å². The predicted molar refractivity (Wildman–Crippen MR) is 121 cm³/mol. The molecule has 4 fully saturated rings. The van der Waals surface area contributed by atoms with Gasteiger partial charge < -0.3 is 19.7 Å². The number of aliphatic carboxylic acids is 1. The maximum atomic E-state index is 13.6. The summed E-state index contributed by atoms with van der Waals surface area (Å²) in [6.45, 7) is 8.44. The quantitative estimate of drug-likeness (QED) is 0.336. The Kier molecular flexibility index (Phi) is 8.69. The fraction of sp³-hybridized carbons (Fsp3) is 0.926. The largest absolute Gasteiger partial charge is 1.00 e. The van der Waals surface area contributed by atoms with E-state index in [1.165, 1.54) is 0 Å². The van der Waals surface area contributed by atoms with Gasteiger partial charge in [0.15, 0.2) is 5.60 Å². The van der Waals surface area contributed by atoms with E-state index in [0.29, 0.717) is 30.1 Å². The summed E-state index contributed by atoms with van der Waals surface area (Å²) in [7, 11) is 0. The van der Waals surface area contributed by atoms with Crippen molar-refractivity contribution in [3.63, 3.8) is 0 Å². The summed E-state index contributed by atoms with van der Waals surface area (Å²) >= 11 is 0. The normalized spacial score (nSPS) is 43.7. The first-order chi connectivity index (χ1) is 16.1. The predicted octanol–water partition coefficient (Wildman–Crippen LogP) is 1.65. The third kappa shape index (κ3) is 5.02. The zero-order valence-electron chi connectivity index (χ0n) is 22.3. The van der Waals surface area contributed by atoms with E-state index in [9.17, 15) is 33.0 Å². The molecule has 9 heteroatoms. The molecular formula is C27H40F3NaO5. The molecule has 0 bridgehead atoms. The van der Waals surface area contributed by atoms with Crippen molar-refractivity contribution in [2.45, 2.75) is 110 Å². The van der Waals surface area contributed by atoms with Crippen LogP contribution in [0.1, 0.15) is 91.9 Å². The Morgan fingerprint density at radius 1 is 1.00 bits per heavy atom.